The number of likely N-dealkylation sites (N-methyl/N-ethyl adjacent to an activating group) is 1. The number of thiocarbonyl (C=S) groups is 1. The van der Waals surface area contributed by atoms with Crippen molar-refractivity contribution in [2.75, 3.05) is 40.1 Å². The lowest BCUT2D eigenvalue weighted by molar-refractivity contribution is -0.860. The molecular formula is C19H27N4O2S2+. The van der Waals surface area contributed by atoms with Crippen molar-refractivity contribution in [3.05, 3.63) is 60.2 Å². The van der Waals surface area contributed by atoms with Crippen LogP contribution in [-0.4, -0.2) is 52.6 Å². The van der Waals surface area contributed by atoms with E-state index in [0.717, 1.165) is 12.1 Å². The number of nitrogens with zero attached hydrogens (tertiary/aromatic N) is 1. The second kappa shape index (κ2) is 9.27. The van der Waals surface area contributed by atoms with E-state index in [1.807, 2.05) is 18.2 Å². The van der Waals surface area contributed by atoms with Crippen LogP contribution in [0.1, 0.15) is 11.6 Å². The van der Waals surface area contributed by atoms with Crippen LogP contribution in [0.5, 0.6) is 0 Å². The molecule has 0 amide bonds. The van der Waals surface area contributed by atoms with E-state index in [0.29, 0.717) is 10.8 Å². The molecule has 6 nitrogen and oxygen atoms in total. The standard InChI is InChI=1S/C19H26N4O2S2/c1-22(2)14-18(15-9-6-5-7-10-15)21-19(26)20-16-11-8-12-17(13-16)27(24,25)23(3)4/h5-13,18H,14H2,1-4H3,(H2,20,21,26)/p+1/t18-/m1/s1. The molecule has 2 aromatic carbocycles. The van der Waals surface area contributed by atoms with Crippen molar-refractivity contribution in [2.45, 2.75) is 10.9 Å². The van der Waals surface area contributed by atoms with Crippen molar-refractivity contribution in [3.63, 3.8) is 0 Å². The lowest BCUT2D eigenvalue weighted by atomic mass is 10.1. The Morgan fingerprint density at radius 2 is 1.78 bits per heavy atom. The number of hydrogen-bond acceptors (Lipinski definition) is 3. The monoisotopic (exact) mass is 407 g/mol. The molecule has 2 rings (SSSR count). The molecule has 0 aliphatic heterocycles. The summed E-state index contributed by atoms with van der Waals surface area (Å²) >= 11 is 5.46. The van der Waals surface area contributed by atoms with Crippen molar-refractivity contribution in [1.29, 1.82) is 0 Å². The first kappa shape index (κ1) is 21.3. The van der Waals surface area contributed by atoms with Crippen LogP contribution in [0.25, 0.3) is 0 Å². The molecule has 0 bridgehead atoms. The first-order chi connectivity index (χ1) is 12.7. The summed E-state index contributed by atoms with van der Waals surface area (Å²) in [5.41, 5.74) is 1.77. The molecule has 0 saturated heterocycles. The highest BCUT2D eigenvalue weighted by atomic mass is 32.2. The van der Waals surface area contributed by atoms with Crippen LogP contribution in [0.15, 0.2) is 59.5 Å². The van der Waals surface area contributed by atoms with Gasteiger partial charge >= 0.3 is 0 Å². The third-order valence-electron chi connectivity index (χ3n) is 3.99. The minimum absolute atomic E-state index is 0.0462. The maximum Gasteiger partial charge on any atom is 0.242 e. The Bertz CT molecular complexity index is 868. The van der Waals surface area contributed by atoms with Gasteiger partial charge in [0.25, 0.3) is 0 Å². The molecule has 0 saturated carbocycles. The van der Waals surface area contributed by atoms with Crippen LogP contribution in [0.2, 0.25) is 0 Å². The van der Waals surface area contributed by atoms with Crippen LogP contribution >= 0.6 is 12.2 Å². The van der Waals surface area contributed by atoms with Gasteiger partial charge in [-0.05, 0) is 36.0 Å². The van der Waals surface area contributed by atoms with Gasteiger partial charge in [0.1, 0.15) is 12.6 Å². The highest BCUT2D eigenvalue weighted by molar-refractivity contribution is 7.89. The molecule has 146 valence electrons. The largest absolute Gasteiger partial charge is 0.350 e. The lowest BCUT2D eigenvalue weighted by Crippen LogP contribution is -3.06. The zero-order valence-corrected chi connectivity index (χ0v) is 17.7. The van der Waals surface area contributed by atoms with E-state index in [2.05, 4.69) is 36.9 Å². The van der Waals surface area contributed by atoms with E-state index in [-0.39, 0.29) is 10.9 Å². The molecule has 8 heteroatoms. The average molecular weight is 408 g/mol. The summed E-state index contributed by atoms with van der Waals surface area (Å²) in [6.45, 7) is 0.848. The van der Waals surface area contributed by atoms with Crippen molar-refractivity contribution >= 4 is 33.0 Å². The summed E-state index contributed by atoms with van der Waals surface area (Å²) in [4.78, 5) is 1.51. The fourth-order valence-corrected chi connectivity index (χ4v) is 3.82. The van der Waals surface area contributed by atoms with Crippen LogP contribution in [0.3, 0.4) is 0 Å². The summed E-state index contributed by atoms with van der Waals surface area (Å²) in [6.07, 6.45) is 0. The molecule has 0 aliphatic rings. The molecule has 3 N–H and O–H groups in total. The number of quaternary nitrogens is 1. The average Bonchev–Trinajstić information content (AvgIpc) is 2.61. The fraction of sp³-hybridized carbons (Fsp3) is 0.316. The molecular weight excluding hydrogens is 380 g/mol. The Morgan fingerprint density at radius 1 is 1.11 bits per heavy atom. The zero-order chi connectivity index (χ0) is 20.0. The highest BCUT2D eigenvalue weighted by Gasteiger charge is 2.18. The third kappa shape index (κ3) is 6.00. The van der Waals surface area contributed by atoms with Gasteiger partial charge < -0.3 is 15.5 Å². The zero-order valence-electron chi connectivity index (χ0n) is 16.1. The molecule has 0 radical (unpaired) electrons. The molecule has 27 heavy (non-hydrogen) atoms. The van der Waals surface area contributed by atoms with Gasteiger partial charge in [0.05, 0.1) is 19.0 Å². The maximum atomic E-state index is 12.3. The maximum absolute atomic E-state index is 12.3. The predicted molar refractivity (Wildman–Crippen MR) is 114 cm³/mol. The first-order valence-corrected chi connectivity index (χ1v) is 10.5. The molecule has 1 atom stereocenters. The van der Waals surface area contributed by atoms with Gasteiger partial charge in [-0.1, -0.05) is 36.4 Å². The number of hydrogen-bond donors (Lipinski definition) is 3. The summed E-state index contributed by atoms with van der Waals surface area (Å²) in [7, 11) is 3.70. The van der Waals surface area contributed by atoms with Gasteiger partial charge in [-0.15, -0.1) is 0 Å². The smallest absolute Gasteiger partial charge is 0.242 e. The van der Waals surface area contributed by atoms with Crippen molar-refractivity contribution in [3.8, 4) is 0 Å². The van der Waals surface area contributed by atoms with E-state index in [4.69, 9.17) is 12.2 Å². The second-order valence-electron chi connectivity index (χ2n) is 6.79. The number of rotatable bonds is 7. The van der Waals surface area contributed by atoms with E-state index < -0.39 is 10.0 Å². The normalized spacial score (nSPS) is 12.8. The fourth-order valence-electron chi connectivity index (χ4n) is 2.62. The molecule has 2 aromatic rings. The third-order valence-corrected chi connectivity index (χ3v) is 6.02. The molecule has 0 unspecified atom stereocenters. The van der Waals surface area contributed by atoms with E-state index in [1.54, 1.807) is 24.3 Å². The lowest BCUT2D eigenvalue weighted by Gasteiger charge is -2.23. The Hall–Kier alpha value is -2.00. The van der Waals surface area contributed by atoms with Crippen molar-refractivity contribution in [2.24, 2.45) is 0 Å². The van der Waals surface area contributed by atoms with E-state index >= 15 is 0 Å². The van der Waals surface area contributed by atoms with Crippen LogP contribution in [0.4, 0.5) is 5.69 Å². The molecule has 0 aromatic heterocycles. The second-order valence-corrected chi connectivity index (χ2v) is 9.35. The molecule has 0 aliphatic carbocycles. The van der Waals surface area contributed by atoms with Gasteiger partial charge in [-0.2, -0.15) is 0 Å². The predicted octanol–water partition coefficient (Wildman–Crippen LogP) is 1.11. The summed E-state index contributed by atoms with van der Waals surface area (Å²) in [5, 5.41) is 6.88. The Morgan fingerprint density at radius 3 is 2.37 bits per heavy atom. The Labute approximate surface area is 167 Å². The SMILES string of the molecule is CN(C)S(=O)(=O)c1cccc(NC(=S)N[C@H](C[NH+](C)C)c2ccccc2)c1. The first-order valence-electron chi connectivity index (χ1n) is 8.64. The Balaban J connectivity index is 2.14. The molecule has 0 heterocycles. The molecule has 0 spiro atoms. The number of anilines is 1. The quantitative estimate of drug-likeness (QED) is 0.600. The summed E-state index contributed by atoms with van der Waals surface area (Å²) in [6, 6.07) is 16.8. The minimum atomic E-state index is -3.49. The molecule has 0 fully saturated rings. The topological polar surface area (TPSA) is 65.9 Å². The van der Waals surface area contributed by atoms with E-state index in [9.17, 15) is 8.42 Å². The van der Waals surface area contributed by atoms with Crippen LogP contribution in [-0.2, 0) is 10.0 Å². The van der Waals surface area contributed by atoms with E-state index in [1.165, 1.54) is 23.3 Å². The van der Waals surface area contributed by atoms with Crippen LogP contribution in [0, 0.1) is 0 Å². The Kier molecular flexibility index (Phi) is 7.32. The highest BCUT2D eigenvalue weighted by Crippen LogP contribution is 2.18. The summed E-state index contributed by atoms with van der Waals surface area (Å²) < 4.78 is 25.8. The number of nitrogens with one attached hydrogen (secondary N) is 3. The minimum Gasteiger partial charge on any atom is -0.350 e. The van der Waals surface area contributed by atoms with Gasteiger partial charge in [0, 0.05) is 19.8 Å². The van der Waals surface area contributed by atoms with Gasteiger partial charge in [-0.25, -0.2) is 12.7 Å². The van der Waals surface area contributed by atoms with Gasteiger partial charge in [0.15, 0.2) is 5.11 Å². The van der Waals surface area contributed by atoms with Crippen LogP contribution < -0.4 is 15.5 Å². The number of sulfonamides is 1. The van der Waals surface area contributed by atoms with Gasteiger partial charge in [0.2, 0.25) is 10.0 Å². The van der Waals surface area contributed by atoms with Crippen molar-refractivity contribution < 1.29 is 13.3 Å². The van der Waals surface area contributed by atoms with Crippen molar-refractivity contribution in [1.82, 2.24) is 9.62 Å². The van der Waals surface area contributed by atoms with Gasteiger partial charge in [-0.3, -0.25) is 0 Å². The number of benzene rings is 2. The summed E-state index contributed by atoms with van der Waals surface area (Å²) in [5.74, 6) is 0.